The number of carbonyl (C=O) groups excluding carboxylic acids is 1. The van der Waals surface area contributed by atoms with Crippen molar-refractivity contribution in [2.75, 3.05) is 0 Å². The van der Waals surface area contributed by atoms with Crippen LogP contribution in [-0.2, 0) is 4.79 Å². The summed E-state index contributed by atoms with van der Waals surface area (Å²) in [6.07, 6.45) is 4.80. The van der Waals surface area contributed by atoms with Crippen LogP contribution in [0.5, 0.6) is 0 Å². The Morgan fingerprint density at radius 3 is 2.63 bits per heavy atom. The average molecular weight is 409 g/mol. The summed E-state index contributed by atoms with van der Waals surface area (Å²) >= 11 is 0. The van der Waals surface area contributed by atoms with E-state index >= 15 is 0 Å². The molecule has 0 spiro atoms. The number of nitrogens with one attached hydrogen (secondary N) is 3. The van der Waals surface area contributed by atoms with Crippen molar-refractivity contribution >= 4 is 5.91 Å². The summed E-state index contributed by atoms with van der Waals surface area (Å²) < 4.78 is 13.3. The number of rotatable bonds is 3. The summed E-state index contributed by atoms with van der Waals surface area (Å²) in [7, 11) is 0. The molecule has 1 aromatic carbocycles. The summed E-state index contributed by atoms with van der Waals surface area (Å²) in [5, 5.41) is 3.32. The maximum atomic E-state index is 13.3. The van der Waals surface area contributed by atoms with Gasteiger partial charge in [-0.1, -0.05) is 19.1 Å². The lowest BCUT2D eigenvalue weighted by Gasteiger charge is -2.45. The maximum absolute atomic E-state index is 13.3. The Morgan fingerprint density at radius 2 is 1.87 bits per heavy atom. The van der Waals surface area contributed by atoms with Crippen molar-refractivity contribution in [2.45, 2.75) is 57.2 Å². The molecule has 0 bridgehead atoms. The molecule has 7 atom stereocenters. The molecule has 1 amide bonds. The molecule has 30 heavy (non-hydrogen) atoms. The molecule has 6 heteroatoms. The van der Waals surface area contributed by atoms with Crippen LogP contribution in [0, 0.1) is 30.5 Å². The van der Waals surface area contributed by atoms with E-state index in [1.165, 1.54) is 17.7 Å². The number of piperidine rings is 1. The number of amides is 1. The topological polar surface area (TPSA) is 66.0 Å². The molecule has 1 saturated carbocycles. The second-order valence-electron chi connectivity index (χ2n) is 9.30. The fourth-order valence-corrected chi connectivity index (χ4v) is 5.84. The van der Waals surface area contributed by atoms with Gasteiger partial charge in [-0.25, -0.2) is 9.82 Å². The van der Waals surface area contributed by atoms with Gasteiger partial charge in [-0.2, -0.15) is 0 Å². The van der Waals surface area contributed by atoms with Gasteiger partial charge in [-0.3, -0.25) is 15.2 Å². The molecule has 1 aliphatic carbocycles. The summed E-state index contributed by atoms with van der Waals surface area (Å²) in [4.78, 5) is 17.3. The second kappa shape index (κ2) is 7.75. The summed E-state index contributed by atoms with van der Waals surface area (Å²) in [6.45, 7) is 4.11. The van der Waals surface area contributed by atoms with Crippen LogP contribution in [0.4, 0.5) is 4.39 Å². The van der Waals surface area contributed by atoms with Crippen LogP contribution in [0.3, 0.4) is 0 Å². The first-order chi connectivity index (χ1) is 14.5. The van der Waals surface area contributed by atoms with E-state index in [2.05, 4.69) is 40.2 Å². The second-order valence-corrected chi connectivity index (χ2v) is 9.30. The van der Waals surface area contributed by atoms with Gasteiger partial charge in [0.05, 0.1) is 6.04 Å². The van der Waals surface area contributed by atoms with Crippen LogP contribution in [0.2, 0.25) is 0 Å². The maximum Gasteiger partial charge on any atom is 0.223 e. The van der Waals surface area contributed by atoms with E-state index < -0.39 is 0 Å². The number of halogens is 1. The van der Waals surface area contributed by atoms with Gasteiger partial charge in [-0.15, -0.1) is 0 Å². The van der Waals surface area contributed by atoms with Gasteiger partial charge in [0.2, 0.25) is 5.91 Å². The lowest BCUT2D eigenvalue weighted by molar-refractivity contribution is -0.131. The summed E-state index contributed by atoms with van der Waals surface area (Å²) in [6, 6.07) is 11.7. The minimum absolute atomic E-state index is 0.0720. The highest BCUT2D eigenvalue weighted by atomic mass is 19.1. The van der Waals surface area contributed by atoms with Crippen molar-refractivity contribution in [3.05, 3.63) is 65.2 Å². The Balaban J connectivity index is 1.33. The molecule has 6 unspecified atom stereocenters. The third-order valence-corrected chi connectivity index (χ3v) is 7.52. The number of benzene rings is 1. The normalized spacial score (nSPS) is 34.0. The predicted octanol–water partition coefficient (Wildman–Crippen LogP) is 3.38. The van der Waals surface area contributed by atoms with Crippen LogP contribution >= 0.6 is 0 Å². The Bertz CT molecular complexity index is 933. The van der Waals surface area contributed by atoms with E-state index in [9.17, 15) is 9.18 Å². The molecule has 3 aliphatic rings. The SMILES string of the molecule is Cc1cc(C2NNC3CC4NC(=O)C([C@@H](C)c5ccc(F)cc5)CC4CC32)ccn1. The fraction of sp³-hybridized carbons (Fsp3) is 0.500. The molecule has 3 fully saturated rings. The lowest BCUT2D eigenvalue weighted by atomic mass is 9.66. The number of hydrogen-bond acceptors (Lipinski definition) is 4. The van der Waals surface area contributed by atoms with E-state index in [-0.39, 0.29) is 35.6 Å². The molecule has 0 radical (unpaired) electrons. The zero-order chi connectivity index (χ0) is 20.8. The number of aromatic nitrogens is 1. The molecule has 2 aromatic rings. The standard InChI is InChI=1S/C24H29FN4O/c1-13-9-16(7-8-26-13)23-20-11-17-10-19(14(2)15-3-5-18(25)6-4-15)24(30)27-21(17)12-22(20)28-29-23/h3-9,14,17,19-23,28-29H,10-12H2,1-2H3,(H,27,30)/t14-,17?,19?,20?,21?,22?,23?/m0/s1. The molecule has 2 aliphatic heterocycles. The van der Waals surface area contributed by atoms with E-state index in [1.807, 2.05) is 25.3 Å². The van der Waals surface area contributed by atoms with Gasteiger partial charge in [0.15, 0.2) is 0 Å². The summed E-state index contributed by atoms with van der Waals surface area (Å²) in [5.74, 6) is 0.851. The zero-order valence-corrected chi connectivity index (χ0v) is 17.4. The van der Waals surface area contributed by atoms with Crippen molar-refractivity contribution in [1.82, 2.24) is 21.2 Å². The van der Waals surface area contributed by atoms with Crippen LogP contribution in [0.1, 0.15) is 55.0 Å². The van der Waals surface area contributed by atoms with Crippen LogP contribution in [-0.4, -0.2) is 23.0 Å². The quantitative estimate of drug-likeness (QED) is 0.729. The molecule has 5 rings (SSSR count). The van der Waals surface area contributed by atoms with Crippen LogP contribution in [0.15, 0.2) is 42.6 Å². The average Bonchev–Trinajstić information content (AvgIpc) is 3.14. The van der Waals surface area contributed by atoms with Crippen molar-refractivity contribution in [3.8, 4) is 0 Å². The first kappa shape index (κ1) is 19.6. The molecule has 3 N–H and O–H groups in total. The Morgan fingerprint density at radius 1 is 1.07 bits per heavy atom. The van der Waals surface area contributed by atoms with E-state index in [1.54, 1.807) is 0 Å². The van der Waals surface area contributed by atoms with Gasteiger partial charge >= 0.3 is 0 Å². The van der Waals surface area contributed by atoms with Crippen molar-refractivity contribution in [2.24, 2.45) is 17.8 Å². The molecular weight excluding hydrogens is 379 g/mol. The Hall–Kier alpha value is -2.31. The third-order valence-electron chi connectivity index (χ3n) is 7.52. The summed E-state index contributed by atoms with van der Waals surface area (Å²) in [5.41, 5.74) is 10.3. The first-order valence-electron chi connectivity index (χ1n) is 11.0. The highest BCUT2D eigenvalue weighted by Crippen LogP contribution is 2.45. The van der Waals surface area contributed by atoms with Gasteiger partial charge in [0.25, 0.3) is 0 Å². The van der Waals surface area contributed by atoms with Crippen LogP contribution in [0.25, 0.3) is 0 Å². The van der Waals surface area contributed by atoms with Crippen LogP contribution < -0.4 is 16.2 Å². The number of fused-ring (bicyclic) bond motifs is 2. The number of hydrogen-bond donors (Lipinski definition) is 3. The molecule has 2 saturated heterocycles. The fourth-order valence-electron chi connectivity index (χ4n) is 5.84. The van der Waals surface area contributed by atoms with Crippen molar-refractivity contribution < 1.29 is 9.18 Å². The molecule has 158 valence electrons. The van der Waals surface area contributed by atoms with Gasteiger partial charge in [0, 0.05) is 29.9 Å². The number of aryl methyl sites for hydroxylation is 1. The van der Waals surface area contributed by atoms with E-state index in [0.717, 1.165) is 30.5 Å². The van der Waals surface area contributed by atoms with Gasteiger partial charge in [0.1, 0.15) is 5.82 Å². The third kappa shape index (κ3) is 3.52. The zero-order valence-electron chi connectivity index (χ0n) is 17.4. The molecule has 3 heterocycles. The van der Waals surface area contributed by atoms with Crippen molar-refractivity contribution in [1.29, 1.82) is 0 Å². The van der Waals surface area contributed by atoms with Gasteiger partial charge < -0.3 is 5.32 Å². The molecule has 1 aromatic heterocycles. The number of nitrogens with zero attached hydrogens (tertiary/aromatic N) is 1. The van der Waals surface area contributed by atoms with E-state index in [4.69, 9.17) is 0 Å². The lowest BCUT2D eigenvalue weighted by Crippen LogP contribution is -2.56. The number of pyridine rings is 1. The molecular formula is C24H29FN4O. The highest BCUT2D eigenvalue weighted by Gasteiger charge is 2.48. The van der Waals surface area contributed by atoms with E-state index in [0.29, 0.717) is 17.9 Å². The largest absolute Gasteiger partial charge is 0.353 e. The number of carbonyl (C=O) groups is 1. The number of hydrazine groups is 1. The van der Waals surface area contributed by atoms with Gasteiger partial charge in [-0.05, 0) is 79.3 Å². The smallest absolute Gasteiger partial charge is 0.223 e. The predicted molar refractivity (Wildman–Crippen MR) is 113 cm³/mol. The highest BCUT2D eigenvalue weighted by molar-refractivity contribution is 5.81. The minimum Gasteiger partial charge on any atom is -0.353 e. The Kier molecular flexibility index (Phi) is 5.07. The Labute approximate surface area is 176 Å². The minimum atomic E-state index is -0.240. The molecule has 5 nitrogen and oxygen atoms in total. The van der Waals surface area contributed by atoms with Crippen molar-refractivity contribution in [3.63, 3.8) is 0 Å². The monoisotopic (exact) mass is 408 g/mol. The first-order valence-corrected chi connectivity index (χ1v) is 11.0.